The standard InChI is InChI=1S/C17H16O6/c1-21-11-7-12(22-2)14-13(8-11)23-17(16(20)15(14)19)9-3-5-10(18)6-4-9/h3-8,16-18,20H,1-2H3. The SMILES string of the molecule is COc1cc(OC)c2c(c1)OC(c1ccc(O)cc1)C(O)C2=O. The van der Waals surface area contributed by atoms with Crippen LogP contribution in [0, 0.1) is 0 Å². The van der Waals surface area contributed by atoms with Crippen molar-refractivity contribution < 1.29 is 29.2 Å². The Balaban J connectivity index is 2.07. The fourth-order valence-electron chi connectivity index (χ4n) is 2.58. The lowest BCUT2D eigenvalue weighted by Gasteiger charge is -2.30. The number of Topliss-reactive ketones (excluding diaryl/α,β-unsaturated/α-hetero) is 1. The van der Waals surface area contributed by atoms with Crippen molar-refractivity contribution in [2.24, 2.45) is 0 Å². The number of benzene rings is 2. The normalized spacial score (nSPS) is 19.7. The number of aromatic hydroxyl groups is 1. The summed E-state index contributed by atoms with van der Waals surface area (Å²) in [5.41, 5.74) is 0.770. The number of aliphatic hydroxyl groups excluding tert-OH is 1. The third kappa shape index (κ3) is 2.57. The quantitative estimate of drug-likeness (QED) is 0.902. The van der Waals surface area contributed by atoms with E-state index in [4.69, 9.17) is 14.2 Å². The number of ketones is 1. The lowest BCUT2D eigenvalue weighted by atomic mass is 9.93. The highest BCUT2D eigenvalue weighted by Crippen LogP contribution is 2.42. The Morgan fingerprint density at radius 2 is 1.78 bits per heavy atom. The molecule has 0 aromatic heterocycles. The Bertz CT molecular complexity index is 737. The number of ether oxygens (including phenoxy) is 3. The number of methoxy groups -OCH3 is 2. The molecule has 2 atom stereocenters. The van der Waals surface area contributed by atoms with Crippen LogP contribution in [0.25, 0.3) is 0 Å². The topological polar surface area (TPSA) is 85.2 Å². The summed E-state index contributed by atoms with van der Waals surface area (Å²) >= 11 is 0. The van der Waals surface area contributed by atoms with Gasteiger partial charge in [-0.25, -0.2) is 0 Å². The van der Waals surface area contributed by atoms with Gasteiger partial charge < -0.3 is 24.4 Å². The van der Waals surface area contributed by atoms with Gasteiger partial charge in [0.15, 0.2) is 12.2 Å². The first-order valence-electron chi connectivity index (χ1n) is 6.99. The second-order valence-corrected chi connectivity index (χ2v) is 5.14. The summed E-state index contributed by atoms with van der Waals surface area (Å²) in [4.78, 5) is 12.5. The van der Waals surface area contributed by atoms with E-state index in [2.05, 4.69) is 0 Å². The predicted molar refractivity (Wildman–Crippen MR) is 81.4 cm³/mol. The smallest absolute Gasteiger partial charge is 0.202 e. The molecule has 2 N–H and O–H groups in total. The lowest BCUT2D eigenvalue weighted by Crippen LogP contribution is -2.36. The molecule has 23 heavy (non-hydrogen) atoms. The van der Waals surface area contributed by atoms with Gasteiger partial charge in [0, 0.05) is 12.1 Å². The highest BCUT2D eigenvalue weighted by Gasteiger charge is 2.39. The second-order valence-electron chi connectivity index (χ2n) is 5.14. The zero-order valence-electron chi connectivity index (χ0n) is 12.6. The van der Waals surface area contributed by atoms with Crippen LogP contribution in [0.15, 0.2) is 36.4 Å². The summed E-state index contributed by atoms with van der Waals surface area (Å²) in [5.74, 6) is 0.661. The van der Waals surface area contributed by atoms with Crippen molar-refractivity contribution in [2.45, 2.75) is 12.2 Å². The number of carbonyl (C=O) groups excluding carboxylic acids is 1. The molecule has 0 fully saturated rings. The summed E-state index contributed by atoms with van der Waals surface area (Å²) in [6.07, 6.45) is -2.23. The van der Waals surface area contributed by atoms with Crippen LogP contribution >= 0.6 is 0 Å². The molecule has 6 heteroatoms. The number of aliphatic hydroxyl groups is 1. The van der Waals surface area contributed by atoms with E-state index >= 15 is 0 Å². The highest BCUT2D eigenvalue weighted by atomic mass is 16.5. The molecule has 2 unspecified atom stereocenters. The minimum atomic E-state index is -1.37. The number of phenols is 1. The van der Waals surface area contributed by atoms with Crippen LogP contribution in [0.4, 0.5) is 0 Å². The van der Waals surface area contributed by atoms with Gasteiger partial charge in [-0.05, 0) is 17.7 Å². The molecule has 0 spiro atoms. The minimum absolute atomic E-state index is 0.0918. The van der Waals surface area contributed by atoms with Gasteiger partial charge in [-0.3, -0.25) is 4.79 Å². The zero-order chi connectivity index (χ0) is 16.6. The van der Waals surface area contributed by atoms with Gasteiger partial charge in [-0.2, -0.15) is 0 Å². The number of rotatable bonds is 3. The number of fused-ring (bicyclic) bond motifs is 1. The lowest BCUT2D eigenvalue weighted by molar-refractivity contribution is 0.0210. The molecule has 0 amide bonds. The Labute approximate surface area is 132 Å². The van der Waals surface area contributed by atoms with Crippen molar-refractivity contribution in [3.05, 3.63) is 47.5 Å². The molecule has 120 valence electrons. The fraction of sp³-hybridized carbons (Fsp3) is 0.235. The Hall–Kier alpha value is -2.73. The van der Waals surface area contributed by atoms with E-state index in [9.17, 15) is 15.0 Å². The maximum absolute atomic E-state index is 12.5. The molecular formula is C17H16O6. The van der Waals surface area contributed by atoms with E-state index in [0.29, 0.717) is 11.3 Å². The molecule has 1 heterocycles. The molecule has 2 aromatic carbocycles. The summed E-state index contributed by atoms with van der Waals surface area (Å²) in [6, 6.07) is 9.27. The van der Waals surface area contributed by atoms with Crippen molar-refractivity contribution in [3.8, 4) is 23.0 Å². The number of hydrogen-bond acceptors (Lipinski definition) is 6. The molecule has 0 bridgehead atoms. The van der Waals surface area contributed by atoms with Gasteiger partial charge in [-0.15, -0.1) is 0 Å². The Morgan fingerprint density at radius 1 is 1.09 bits per heavy atom. The van der Waals surface area contributed by atoms with Crippen LogP contribution in [0.1, 0.15) is 22.0 Å². The number of hydrogen-bond donors (Lipinski definition) is 2. The maximum atomic E-state index is 12.5. The average molecular weight is 316 g/mol. The Morgan fingerprint density at radius 3 is 2.39 bits per heavy atom. The van der Waals surface area contributed by atoms with Gasteiger partial charge in [0.1, 0.15) is 28.6 Å². The zero-order valence-corrected chi connectivity index (χ0v) is 12.6. The van der Waals surface area contributed by atoms with Crippen LogP contribution in [0.2, 0.25) is 0 Å². The molecule has 0 aliphatic carbocycles. The summed E-state index contributed by atoms with van der Waals surface area (Å²) in [7, 11) is 2.93. The molecule has 1 aliphatic heterocycles. The molecule has 0 saturated carbocycles. The molecule has 1 aliphatic rings. The third-order valence-electron chi connectivity index (χ3n) is 3.77. The van der Waals surface area contributed by atoms with Crippen molar-refractivity contribution in [2.75, 3.05) is 14.2 Å². The van der Waals surface area contributed by atoms with Crippen LogP contribution in [-0.4, -0.2) is 36.3 Å². The minimum Gasteiger partial charge on any atom is -0.508 e. The van der Waals surface area contributed by atoms with Gasteiger partial charge in [0.05, 0.1) is 14.2 Å². The number of carbonyl (C=O) groups is 1. The van der Waals surface area contributed by atoms with Crippen molar-refractivity contribution in [1.29, 1.82) is 0 Å². The van der Waals surface area contributed by atoms with E-state index in [1.165, 1.54) is 26.4 Å². The van der Waals surface area contributed by atoms with Gasteiger partial charge >= 0.3 is 0 Å². The van der Waals surface area contributed by atoms with Crippen LogP contribution < -0.4 is 14.2 Å². The molecule has 0 radical (unpaired) electrons. The largest absolute Gasteiger partial charge is 0.508 e. The predicted octanol–water partition coefficient (Wildman–Crippen LogP) is 2.09. The van der Waals surface area contributed by atoms with Crippen LogP contribution in [0.5, 0.6) is 23.0 Å². The van der Waals surface area contributed by atoms with Crippen molar-refractivity contribution in [1.82, 2.24) is 0 Å². The first-order chi connectivity index (χ1) is 11.0. The van der Waals surface area contributed by atoms with Gasteiger partial charge in [0.2, 0.25) is 5.78 Å². The summed E-state index contributed by atoms with van der Waals surface area (Å²) in [6.45, 7) is 0. The second kappa shape index (κ2) is 5.81. The van der Waals surface area contributed by atoms with E-state index in [-0.39, 0.29) is 22.8 Å². The van der Waals surface area contributed by atoms with E-state index in [1.807, 2.05) is 0 Å². The molecular weight excluding hydrogens is 300 g/mol. The molecule has 3 rings (SSSR count). The molecule has 0 saturated heterocycles. The summed E-state index contributed by atoms with van der Waals surface area (Å²) in [5, 5.41) is 19.7. The van der Waals surface area contributed by atoms with Crippen LogP contribution in [-0.2, 0) is 0 Å². The Kier molecular flexibility index (Phi) is 3.83. The average Bonchev–Trinajstić information content (AvgIpc) is 2.57. The molecule has 6 nitrogen and oxygen atoms in total. The summed E-state index contributed by atoms with van der Waals surface area (Å²) < 4.78 is 16.2. The van der Waals surface area contributed by atoms with Crippen molar-refractivity contribution in [3.63, 3.8) is 0 Å². The first-order valence-corrected chi connectivity index (χ1v) is 6.99. The first kappa shape index (κ1) is 15.2. The van der Waals surface area contributed by atoms with Crippen LogP contribution in [0.3, 0.4) is 0 Å². The number of phenolic OH excluding ortho intramolecular Hbond substituents is 1. The monoisotopic (exact) mass is 316 g/mol. The third-order valence-corrected chi connectivity index (χ3v) is 3.77. The van der Waals surface area contributed by atoms with Gasteiger partial charge in [-0.1, -0.05) is 12.1 Å². The van der Waals surface area contributed by atoms with Gasteiger partial charge in [0.25, 0.3) is 0 Å². The highest BCUT2D eigenvalue weighted by molar-refractivity contribution is 6.05. The fourth-order valence-corrected chi connectivity index (χ4v) is 2.58. The van der Waals surface area contributed by atoms with E-state index < -0.39 is 18.0 Å². The van der Waals surface area contributed by atoms with Crippen molar-refractivity contribution >= 4 is 5.78 Å². The van der Waals surface area contributed by atoms with E-state index in [1.54, 1.807) is 24.3 Å². The van der Waals surface area contributed by atoms with E-state index in [0.717, 1.165) is 0 Å². The maximum Gasteiger partial charge on any atom is 0.202 e. The molecule has 2 aromatic rings.